The van der Waals surface area contributed by atoms with Crippen molar-refractivity contribution in [2.75, 3.05) is 19.7 Å². The second-order valence-corrected chi connectivity index (χ2v) is 8.02. The maximum Gasteiger partial charge on any atom is 0.405 e. The molecule has 31 heavy (non-hydrogen) atoms. The van der Waals surface area contributed by atoms with Crippen LogP contribution in [-0.4, -0.2) is 52.4 Å². The Bertz CT molecular complexity index is 1020. The van der Waals surface area contributed by atoms with Crippen molar-refractivity contribution in [3.63, 3.8) is 0 Å². The van der Waals surface area contributed by atoms with Crippen LogP contribution in [0.3, 0.4) is 0 Å². The van der Waals surface area contributed by atoms with E-state index in [1.807, 2.05) is 48.6 Å². The number of likely N-dealkylation sites (N-methyl/N-ethyl adjacent to an activating group) is 1. The largest absolute Gasteiger partial charge is 0.405 e. The van der Waals surface area contributed by atoms with Crippen LogP contribution in [0.2, 0.25) is 0 Å². The quantitative estimate of drug-likeness (QED) is 0.755. The van der Waals surface area contributed by atoms with Gasteiger partial charge in [-0.3, -0.25) is 14.5 Å². The summed E-state index contributed by atoms with van der Waals surface area (Å²) in [6.45, 7) is 0.764. The highest BCUT2D eigenvalue weighted by atomic mass is 19.4. The molecule has 1 aromatic carbocycles. The van der Waals surface area contributed by atoms with E-state index in [2.05, 4.69) is 0 Å². The summed E-state index contributed by atoms with van der Waals surface area (Å²) in [7, 11) is 0. The number of aliphatic hydroxyl groups is 1. The van der Waals surface area contributed by atoms with Gasteiger partial charge in [-0.15, -0.1) is 0 Å². The molecule has 4 rings (SSSR count). The van der Waals surface area contributed by atoms with Crippen molar-refractivity contribution in [1.29, 1.82) is 0 Å². The summed E-state index contributed by atoms with van der Waals surface area (Å²) in [5.74, 6) is -1.56. The van der Waals surface area contributed by atoms with Gasteiger partial charge in [0.15, 0.2) is 0 Å². The Balaban J connectivity index is 1.68. The minimum absolute atomic E-state index is 0.149. The van der Waals surface area contributed by atoms with Crippen molar-refractivity contribution in [2.45, 2.75) is 31.7 Å². The molecule has 1 saturated heterocycles. The number of amides is 1. The number of nitrogens with zero attached hydrogens (tertiary/aromatic N) is 2. The Morgan fingerprint density at radius 1 is 1.19 bits per heavy atom. The molecule has 0 aliphatic carbocycles. The highest BCUT2D eigenvalue weighted by molar-refractivity contribution is 5.83. The van der Waals surface area contributed by atoms with Crippen LogP contribution in [-0.2, 0) is 11.3 Å². The maximum atomic E-state index is 13.2. The number of benzene rings is 1. The number of aromatic nitrogens is 1. The first-order chi connectivity index (χ1) is 14.8. The summed E-state index contributed by atoms with van der Waals surface area (Å²) in [5, 5.41) is 12.0. The molecule has 1 aromatic heterocycles. The zero-order valence-corrected chi connectivity index (χ0v) is 17.0. The van der Waals surface area contributed by atoms with Crippen molar-refractivity contribution < 1.29 is 23.1 Å². The van der Waals surface area contributed by atoms with Crippen LogP contribution in [0.25, 0.3) is 11.1 Å². The maximum absolute atomic E-state index is 13.2. The molecule has 166 valence electrons. The van der Waals surface area contributed by atoms with E-state index in [1.54, 1.807) is 15.5 Å². The van der Waals surface area contributed by atoms with Gasteiger partial charge in [0.2, 0.25) is 5.91 Å². The molecule has 2 aliphatic heterocycles. The van der Waals surface area contributed by atoms with Crippen molar-refractivity contribution >= 4 is 5.91 Å². The smallest absolute Gasteiger partial charge is 0.396 e. The lowest BCUT2D eigenvalue weighted by molar-refractivity contribution is -0.142. The molecule has 4 atom stereocenters. The first-order valence-corrected chi connectivity index (χ1v) is 10.3. The molecule has 6 nitrogen and oxygen atoms in total. The van der Waals surface area contributed by atoms with E-state index in [0.29, 0.717) is 18.7 Å². The second kappa shape index (κ2) is 8.12. The number of carbonyl (C=O) groups excluding carboxylic acids is 1. The Kier molecular flexibility index (Phi) is 5.65. The molecule has 2 aliphatic rings. The predicted molar refractivity (Wildman–Crippen MR) is 108 cm³/mol. The Morgan fingerprint density at radius 3 is 2.52 bits per heavy atom. The van der Waals surface area contributed by atoms with Gasteiger partial charge in [-0.1, -0.05) is 37.3 Å². The molecule has 9 heteroatoms. The van der Waals surface area contributed by atoms with Crippen LogP contribution in [0, 0.1) is 11.8 Å². The SMILES string of the molecule is CCN1[C@H](C(=O)NCC(F)(F)F)[C@@H](CO)[C@@H]2Cn3c(ccc(-c4ccccc4)c3=O)[C@@H]21. The standard InChI is InChI=1S/C22H24F3N3O3/c1-2-27-18-15(16(11-29)19(27)20(30)26-12-22(23,24)25)10-28-17(18)9-8-14(21(28)31)13-6-4-3-5-7-13/h3-9,15-16,18-19,29H,2,10-12H2,1H3,(H,26,30)/t15-,16-,18+,19-/m0/s1. The van der Waals surface area contributed by atoms with Gasteiger partial charge in [0.25, 0.3) is 5.56 Å². The number of likely N-dealkylation sites (tertiary alicyclic amines) is 1. The van der Waals surface area contributed by atoms with E-state index >= 15 is 0 Å². The van der Waals surface area contributed by atoms with Gasteiger partial charge >= 0.3 is 6.18 Å². The minimum atomic E-state index is -4.51. The van der Waals surface area contributed by atoms with E-state index < -0.39 is 30.6 Å². The van der Waals surface area contributed by atoms with Crippen molar-refractivity contribution in [2.24, 2.45) is 11.8 Å². The summed E-state index contributed by atoms with van der Waals surface area (Å²) < 4.78 is 39.5. The third-order valence-corrected chi connectivity index (χ3v) is 6.37. The molecule has 2 aromatic rings. The molecular weight excluding hydrogens is 411 g/mol. The number of fused-ring (bicyclic) bond motifs is 3. The van der Waals surface area contributed by atoms with Crippen LogP contribution >= 0.6 is 0 Å². The summed E-state index contributed by atoms with van der Waals surface area (Å²) in [6, 6.07) is 11.7. The van der Waals surface area contributed by atoms with Crippen LogP contribution in [0.1, 0.15) is 18.7 Å². The highest BCUT2D eigenvalue weighted by Crippen LogP contribution is 2.49. The lowest BCUT2D eigenvalue weighted by atomic mass is 9.88. The van der Waals surface area contributed by atoms with E-state index in [1.165, 1.54) is 0 Å². The number of alkyl halides is 3. The molecule has 0 spiro atoms. The van der Waals surface area contributed by atoms with Crippen LogP contribution < -0.4 is 10.9 Å². The van der Waals surface area contributed by atoms with Gasteiger partial charge in [-0.25, -0.2) is 0 Å². The molecular formula is C22H24F3N3O3. The number of nitrogens with one attached hydrogen (secondary N) is 1. The molecule has 2 N–H and O–H groups in total. The molecule has 0 radical (unpaired) electrons. The average Bonchev–Trinajstić information content (AvgIpc) is 3.27. The number of pyridine rings is 1. The lowest BCUT2D eigenvalue weighted by Crippen LogP contribution is -2.50. The van der Waals surface area contributed by atoms with E-state index in [4.69, 9.17) is 0 Å². The monoisotopic (exact) mass is 435 g/mol. The number of hydrogen-bond donors (Lipinski definition) is 2. The van der Waals surface area contributed by atoms with Crippen molar-refractivity contribution in [3.8, 4) is 11.1 Å². The van der Waals surface area contributed by atoms with E-state index in [-0.39, 0.29) is 24.1 Å². The summed E-state index contributed by atoms with van der Waals surface area (Å²) in [6.07, 6.45) is -4.51. The number of aliphatic hydroxyl groups excluding tert-OH is 1. The van der Waals surface area contributed by atoms with Crippen LogP contribution in [0.4, 0.5) is 13.2 Å². The van der Waals surface area contributed by atoms with E-state index in [9.17, 15) is 27.9 Å². The first-order valence-electron chi connectivity index (χ1n) is 10.3. The molecule has 1 fully saturated rings. The Labute approximate surface area is 177 Å². The van der Waals surface area contributed by atoms with Gasteiger partial charge in [0.05, 0.1) is 12.1 Å². The first kappa shape index (κ1) is 21.6. The molecule has 0 saturated carbocycles. The molecule has 0 bridgehead atoms. The fourth-order valence-electron chi connectivity index (χ4n) is 5.11. The second-order valence-electron chi connectivity index (χ2n) is 8.02. The number of rotatable bonds is 5. The summed E-state index contributed by atoms with van der Waals surface area (Å²) >= 11 is 0. The topological polar surface area (TPSA) is 74.6 Å². The predicted octanol–water partition coefficient (Wildman–Crippen LogP) is 2.18. The summed E-state index contributed by atoms with van der Waals surface area (Å²) in [4.78, 5) is 27.6. The number of halogens is 3. The zero-order chi connectivity index (χ0) is 22.3. The Hall–Kier alpha value is -2.65. The molecule has 0 unspecified atom stereocenters. The van der Waals surface area contributed by atoms with Crippen molar-refractivity contribution in [1.82, 2.24) is 14.8 Å². The average molecular weight is 435 g/mol. The van der Waals surface area contributed by atoms with Gasteiger partial charge < -0.3 is 15.0 Å². The van der Waals surface area contributed by atoms with Crippen LogP contribution in [0.5, 0.6) is 0 Å². The van der Waals surface area contributed by atoms with Crippen LogP contribution in [0.15, 0.2) is 47.3 Å². The van der Waals surface area contributed by atoms with Gasteiger partial charge in [-0.2, -0.15) is 13.2 Å². The zero-order valence-electron chi connectivity index (χ0n) is 17.0. The normalized spacial score (nSPS) is 25.3. The fraction of sp³-hybridized carbons (Fsp3) is 0.455. The van der Waals surface area contributed by atoms with E-state index in [0.717, 1.165) is 11.3 Å². The third kappa shape index (κ3) is 3.76. The molecule has 3 heterocycles. The Morgan fingerprint density at radius 2 is 1.90 bits per heavy atom. The number of hydrogen-bond acceptors (Lipinski definition) is 4. The minimum Gasteiger partial charge on any atom is -0.396 e. The van der Waals surface area contributed by atoms with Crippen molar-refractivity contribution in [3.05, 3.63) is 58.5 Å². The fourth-order valence-corrected chi connectivity index (χ4v) is 5.11. The van der Waals surface area contributed by atoms with Gasteiger partial charge in [0.1, 0.15) is 6.54 Å². The summed E-state index contributed by atoms with van der Waals surface area (Å²) in [5.41, 5.74) is 1.94. The van der Waals surface area contributed by atoms with Gasteiger partial charge in [0, 0.05) is 36.2 Å². The molecule has 1 amide bonds. The highest BCUT2D eigenvalue weighted by Gasteiger charge is 2.55. The number of carbonyl (C=O) groups is 1. The van der Waals surface area contributed by atoms with Gasteiger partial charge in [-0.05, 0) is 24.2 Å². The lowest BCUT2D eigenvalue weighted by Gasteiger charge is -2.29. The third-order valence-electron chi connectivity index (χ3n) is 6.37.